The lowest BCUT2D eigenvalue weighted by atomic mass is 9.89. The maximum atomic E-state index is 9.94. The summed E-state index contributed by atoms with van der Waals surface area (Å²) in [6.07, 6.45) is -0.171. The van der Waals surface area contributed by atoms with Crippen LogP contribution in [0.1, 0.15) is 23.1 Å². The Kier molecular flexibility index (Phi) is 2.45. The van der Waals surface area contributed by atoms with Crippen LogP contribution >= 0.6 is 0 Å². The smallest absolute Gasteiger partial charge is 0.164 e. The van der Waals surface area contributed by atoms with Gasteiger partial charge in [-0.2, -0.15) is 0 Å². The minimum Gasteiger partial charge on any atom is -0.508 e. The van der Waals surface area contributed by atoms with Crippen LogP contribution in [0.5, 0.6) is 28.7 Å². The van der Waals surface area contributed by atoms with Crippen LogP contribution < -0.4 is 14.2 Å². The van der Waals surface area contributed by atoms with E-state index in [4.69, 9.17) is 14.2 Å². The number of hydrogen-bond donors (Lipinski definition) is 2. The summed E-state index contributed by atoms with van der Waals surface area (Å²) < 4.78 is 16.9. The molecule has 0 saturated carbocycles. The van der Waals surface area contributed by atoms with Crippen molar-refractivity contribution in [1.29, 1.82) is 0 Å². The third-order valence-corrected chi connectivity index (χ3v) is 4.05. The highest BCUT2D eigenvalue weighted by Gasteiger charge is 2.41. The Balaban J connectivity index is 1.80. The van der Waals surface area contributed by atoms with E-state index in [2.05, 4.69) is 0 Å². The summed E-state index contributed by atoms with van der Waals surface area (Å²) in [5.74, 6) is 2.01. The molecule has 0 fully saturated rings. The van der Waals surface area contributed by atoms with Crippen molar-refractivity contribution in [3.05, 3.63) is 41.5 Å². The summed E-state index contributed by atoms with van der Waals surface area (Å²) in [5, 5.41) is 19.5. The van der Waals surface area contributed by atoms with E-state index in [-0.39, 0.29) is 23.5 Å². The summed E-state index contributed by atoms with van der Waals surface area (Å²) in [6.45, 7) is 0.444. The van der Waals surface area contributed by atoms with Gasteiger partial charge >= 0.3 is 0 Å². The fraction of sp³-hybridized carbons (Fsp3) is 0.250. The van der Waals surface area contributed by atoms with Gasteiger partial charge in [-0.25, -0.2) is 0 Å². The van der Waals surface area contributed by atoms with Crippen LogP contribution in [0.15, 0.2) is 30.3 Å². The van der Waals surface area contributed by atoms with Crippen molar-refractivity contribution < 1.29 is 24.4 Å². The van der Waals surface area contributed by atoms with Crippen LogP contribution in [-0.4, -0.2) is 23.9 Å². The molecule has 5 nitrogen and oxygen atoms in total. The number of aromatic hydroxyl groups is 2. The number of phenols is 2. The molecule has 2 heterocycles. The van der Waals surface area contributed by atoms with E-state index >= 15 is 0 Å². The standard InChI is InChI=1S/C16H14O5/c1-19-15-6-14-10(5-12(15)18)11-7-20-13-4-8(17)2-3-9(13)16(11)21-14/h2-6,11,16-18H,7H2,1H3. The van der Waals surface area contributed by atoms with Crippen LogP contribution in [-0.2, 0) is 0 Å². The fourth-order valence-electron chi connectivity index (χ4n) is 3.02. The lowest BCUT2D eigenvalue weighted by Crippen LogP contribution is -2.22. The molecule has 108 valence electrons. The normalized spacial score (nSPS) is 21.6. The van der Waals surface area contributed by atoms with Crippen molar-refractivity contribution in [2.75, 3.05) is 13.7 Å². The number of ether oxygens (including phenoxy) is 3. The monoisotopic (exact) mass is 286 g/mol. The summed E-state index contributed by atoms with van der Waals surface area (Å²) in [6, 6.07) is 8.39. The summed E-state index contributed by atoms with van der Waals surface area (Å²) in [4.78, 5) is 0. The Labute approximate surface area is 121 Å². The average molecular weight is 286 g/mol. The molecule has 0 radical (unpaired) electrons. The van der Waals surface area contributed by atoms with Crippen LogP contribution in [0.3, 0.4) is 0 Å². The van der Waals surface area contributed by atoms with Crippen LogP contribution in [0.2, 0.25) is 0 Å². The molecule has 0 saturated heterocycles. The van der Waals surface area contributed by atoms with Gasteiger partial charge in [0.2, 0.25) is 0 Å². The van der Waals surface area contributed by atoms with E-state index in [0.29, 0.717) is 23.9 Å². The topological polar surface area (TPSA) is 68.2 Å². The summed E-state index contributed by atoms with van der Waals surface area (Å²) in [5.41, 5.74) is 1.82. The molecular formula is C16H14O5. The molecule has 2 unspecified atom stereocenters. The summed E-state index contributed by atoms with van der Waals surface area (Å²) in [7, 11) is 1.50. The predicted molar refractivity (Wildman–Crippen MR) is 74.4 cm³/mol. The van der Waals surface area contributed by atoms with Crippen LogP contribution in [0, 0.1) is 0 Å². The molecule has 0 aliphatic carbocycles. The molecule has 0 spiro atoms. The highest BCUT2D eigenvalue weighted by Crippen LogP contribution is 2.53. The molecule has 2 atom stereocenters. The van der Waals surface area contributed by atoms with Gasteiger partial charge < -0.3 is 24.4 Å². The van der Waals surface area contributed by atoms with E-state index in [1.807, 2.05) is 6.07 Å². The molecular weight excluding hydrogens is 272 g/mol. The van der Waals surface area contributed by atoms with Gasteiger partial charge in [-0.05, 0) is 18.2 Å². The molecule has 21 heavy (non-hydrogen) atoms. The van der Waals surface area contributed by atoms with Gasteiger partial charge in [0.15, 0.2) is 11.5 Å². The second kappa shape index (κ2) is 4.22. The van der Waals surface area contributed by atoms with E-state index in [9.17, 15) is 10.2 Å². The third kappa shape index (κ3) is 1.70. The largest absolute Gasteiger partial charge is 0.508 e. The zero-order valence-electron chi connectivity index (χ0n) is 11.4. The first-order valence-corrected chi connectivity index (χ1v) is 6.70. The molecule has 5 heteroatoms. The molecule has 0 amide bonds. The van der Waals surface area contributed by atoms with Crippen molar-refractivity contribution >= 4 is 0 Å². The second-order valence-corrected chi connectivity index (χ2v) is 5.24. The molecule has 2 N–H and O–H groups in total. The van der Waals surface area contributed by atoms with Gasteiger partial charge in [-0.1, -0.05) is 0 Å². The number of methoxy groups -OCH3 is 1. The number of hydrogen-bond acceptors (Lipinski definition) is 5. The zero-order valence-corrected chi connectivity index (χ0v) is 11.4. The first kappa shape index (κ1) is 12.2. The molecule has 4 rings (SSSR count). The van der Waals surface area contributed by atoms with E-state index in [1.165, 1.54) is 7.11 Å². The maximum Gasteiger partial charge on any atom is 0.164 e. The highest BCUT2D eigenvalue weighted by atomic mass is 16.5. The molecule has 2 aromatic carbocycles. The quantitative estimate of drug-likeness (QED) is 0.843. The minimum absolute atomic E-state index is 0.0221. The van der Waals surface area contributed by atoms with Crippen LogP contribution in [0.25, 0.3) is 0 Å². The maximum absolute atomic E-state index is 9.94. The van der Waals surface area contributed by atoms with E-state index < -0.39 is 0 Å². The van der Waals surface area contributed by atoms with Crippen molar-refractivity contribution in [1.82, 2.24) is 0 Å². The van der Waals surface area contributed by atoms with Gasteiger partial charge in [0.05, 0.1) is 19.6 Å². The number of phenolic OH excluding ortho intramolecular Hbond substituents is 2. The van der Waals surface area contributed by atoms with Crippen molar-refractivity contribution in [2.45, 2.75) is 12.0 Å². The van der Waals surface area contributed by atoms with Crippen molar-refractivity contribution in [2.24, 2.45) is 0 Å². The Morgan fingerprint density at radius 2 is 1.95 bits per heavy atom. The van der Waals surface area contributed by atoms with Gasteiger partial charge in [0.25, 0.3) is 0 Å². The number of fused-ring (bicyclic) bond motifs is 5. The zero-order chi connectivity index (χ0) is 14.6. The number of benzene rings is 2. The molecule has 0 bridgehead atoms. The first-order valence-electron chi connectivity index (χ1n) is 6.70. The SMILES string of the molecule is COc1cc2c(cc1O)C1COc3cc(O)ccc3C1O2. The fourth-order valence-corrected chi connectivity index (χ4v) is 3.02. The van der Waals surface area contributed by atoms with Crippen molar-refractivity contribution in [3.63, 3.8) is 0 Å². The Morgan fingerprint density at radius 1 is 1.10 bits per heavy atom. The number of rotatable bonds is 1. The third-order valence-electron chi connectivity index (χ3n) is 4.05. The Bertz CT molecular complexity index is 725. The first-order chi connectivity index (χ1) is 10.2. The molecule has 2 aliphatic rings. The predicted octanol–water partition coefficient (Wildman–Crippen LogP) is 2.72. The summed E-state index contributed by atoms with van der Waals surface area (Å²) >= 11 is 0. The lowest BCUT2D eigenvalue weighted by Gasteiger charge is -2.27. The van der Waals surface area contributed by atoms with Gasteiger partial charge in [0.1, 0.15) is 23.4 Å². The second-order valence-electron chi connectivity index (χ2n) is 5.24. The lowest BCUT2D eigenvalue weighted by molar-refractivity contribution is 0.139. The van der Waals surface area contributed by atoms with Gasteiger partial charge in [0, 0.05) is 23.3 Å². The Hall–Kier alpha value is -2.56. The average Bonchev–Trinajstić information content (AvgIpc) is 2.83. The molecule has 0 aromatic heterocycles. The Morgan fingerprint density at radius 3 is 2.76 bits per heavy atom. The van der Waals surface area contributed by atoms with Gasteiger partial charge in [-0.3, -0.25) is 0 Å². The van der Waals surface area contributed by atoms with E-state index in [1.54, 1.807) is 24.3 Å². The highest BCUT2D eigenvalue weighted by molar-refractivity contribution is 5.56. The van der Waals surface area contributed by atoms with E-state index in [0.717, 1.165) is 11.1 Å². The van der Waals surface area contributed by atoms with Crippen molar-refractivity contribution in [3.8, 4) is 28.7 Å². The molecule has 2 aromatic rings. The van der Waals surface area contributed by atoms with Crippen LogP contribution in [0.4, 0.5) is 0 Å². The minimum atomic E-state index is -0.171. The molecule has 2 aliphatic heterocycles. The van der Waals surface area contributed by atoms with Gasteiger partial charge in [-0.15, -0.1) is 0 Å².